The predicted octanol–water partition coefficient (Wildman–Crippen LogP) is 4.53. The Morgan fingerprint density at radius 1 is 1.41 bits per heavy atom. The fraction of sp³-hybridized carbons (Fsp3) is 0.250. The van der Waals surface area contributed by atoms with Gasteiger partial charge in [-0.3, -0.25) is 0 Å². The molecule has 90 valence electrons. The highest BCUT2D eigenvalue weighted by Gasteiger charge is 2.07. The lowest BCUT2D eigenvalue weighted by atomic mass is 10.2. The second kappa shape index (κ2) is 5.14. The Morgan fingerprint density at radius 3 is 2.82 bits per heavy atom. The van der Waals surface area contributed by atoms with E-state index in [9.17, 15) is 4.39 Å². The number of hydrogen-bond donors (Lipinski definition) is 1. The van der Waals surface area contributed by atoms with Gasteiger partial charge < -0.3 is 5.32 Å². The van der Waals surface area contributed by atoms with Crippen LogP contribution in [-0.2, 0) is 0 Å². The highest BCUT2D eigenvalue weighted by molar-refractivity contribution is 9.10. The third kappa shape index (κ3) is 3.04. The fourth-order valence-corrected chi connectivity index (χ4v) is 2.62. The number of anilines is 1. The molecular weight excluding hydrogens is 303 g/mol. The molecule has 0 saturated carbocycles. The van der Waals surface area contributed by atoms with Crippen molar-refractivity contribution in [1.82, 2.24) is 4.98 Å². The predicted molar refractivity (Wildman–Crippen MR) is 74.0 cm³/mol. The second-order valence-corrected chi connectivity index (χ2v) is 5.68. The average molecular weight is 315 g/mol. The lowest BCUT2D eigenvalue weighted by Crippen LogP contribution is -2.08. The van der Waals surface area contributed by atoms with Gasteiger partial charge in [-0.15, -0.1) is 11.3 Å². The molecule has 1 heterocycles. The summed E-state index contributed by atoms with van der Waals surface area (Å²) in [4.78, 5) is 4.46. The van der Waals surface area contributed by atoms with E-state index in [4.69, 9.17) is 0 Å². The Hall–Kier alpha value is -0.940. The first-order valence-corrected chi connectivity index (χ1v) is 6.91. The molecule has 17 heavy (non-hydrogen) atoms. The monoisotopic (exact) mass is 314 g/mol. The topological polar surface area (TPSA) is 24.9 Å². The first kappa shape index (κ1) is 12.5. The van der Waals surface area contributed by atoms with Gasteiger partial charge >= 0.3 is 0 Å². The van der Waals surface area contributed by atoms with Crippen molar-refractivity contribution in [2.24, 2.45) is 0 Å². The molecular formula is C12H12BrFN2S. The van der Waals surface area contributed by atoms with Gasteiger partial charge in [0.2, 0.25) is 0 Å². The second-order valence-electron chi connectivity index (χ2n) is 3.97. The van der Waals surface area contributed by atoms with E-state index in [1.165, 1.54) is 6.07 Å². The van der Waals surface area contributed by atoms with Crippen LogP contribution < -0.4 is 5.32 Å². The van der Waals surface area contributed by atoms with E-state index in [0.29, 0.717) is 10.5 Å². The Bertz CT molecular complexity index is 525. The molecule has 1 aromatic heterocycles. The zero-order valence-electron chi connectivity index (χ0n) is 9.50. The van der Waals surface area contributed by atoms with Crippen molar-refractivity contribution in [3.05, 3.63) is 33.9 Å². The summed E-state index contributed by atoms with van der Waals surface area (Å²) in [5.41, 5.74) is 1.77. The number of halogens is 2. The number of nitrogens with zero attached hydrogens (tertiary/aromatic N) is 1. The normalized spacial score (nSPS) is 10.9. The van der Waals surface area contributed by atoms with E-state index in [1.807, 2.05) is 5.38 Å². The molecule has 2 aromatic rings. The summed E-state index contributed by atoms with van der Waals surface area (Å²) < 4.78 is 13.6. The van der Waals surface area contributed by atoms with Crippen molar-refractivity contribution in [2.45, 2.75) is 19.9 Å². The van der Waals surface area contributed by atoms with E-state index in [0.717, 1.165) is 16.4 Å². The lowest BCUT2D eigenvalue weighted by Gasteiger charge is -2.04. The number of aromatic nitrogens is 1. The van der Waals surface area contributed by atoms with Crippen molar-refractivity contribution >= 4 is 32.4 Å². The average Bonchev–Trinajstić information content (AvgIpc) is 2.69. The Balaban J connectivity index is 2.27. The van der Waals surface area contributed by atoms with Gasteiger partial charge in [0.25, 0.3) is 0 Å². The summed E-state index contributed by atoms with van der Waals surface area (Å²) in [5, 5.41) is 6.09. The van der Waals surface area contributed by atoms with Crippen LogP contribution in [-0.4, -0.2) is 11.0 Å². The van der Waals surface area contributed by atoms with E-state index in [1.54, 1.807) is 23.5 Å². The maximum Gasteiger partial charge on any atom is 0.183 e. The number of rotatable bonds is 3. The van der Waals surface area contributed by atoms with E-state index in [-0.39, 0.29) is 5.82 Å². The van der Waals surface area contributed by atoms with Crippen LogP contribution in [0.3, 0.4) is 0 Å². The number of hydrogen-bond acceptors (Lipinski definition) is 3. The quantitative estimate of drug-likeness (QED) is 0.900. The van der Waals surface area contributed by atoms with Crippen molar-refractivity contribution in [2.75, 3.05) is 5.32 Å². The lowest BCUT2D eigenvalue weighted by molar-refractivity contribution is 0.621. The molecule has 0 aliphatic heterocycles. The minimum Gasteiger partial charge on any atom is -0.359 e. The number of benzene rings is 1. The van der Waals surface area contributed by atoms with Gasteiger partial charge in [0, 0.05) is 17.0 Å². The Morgan fingerprint density at radius 2 is 2.18 bits per heavy atom. The largest absolute Gasteiger partial charge is 0.359 e. The molecule has 2 rings (SSSR count). The summed E-state index contributed by atoms with van der Waals surface area (Å²) in [7, 11) is 0. The molecule has 0 saturated heterocycles. The summed E-state index contributed by atoms with van der Waals surface area (Å²) in [6.07, 6.45) is 0. The molecule has 0 aliphatic rings. The first-order chi connectivity index (χ1) is 8.06. The van der Waals surface area contributed by atoms with Gasteiger partial charge in [0.1, 0.15) is 5.82 Å². The van der Waals surface area contributed by atoms with Gasteiger partial charge in [0.05, 0.1) is 10.2 Å². The molecule has 0 aliphatic carbocycles. The van der Waals surface area contributed by atoms with Crippen molar-refractivity contribution < 1.29 is 4.39 Å². The van der Waals surface area contributed by atoms with Crippen LogP contribution in [0.1, 0.15) is 13.8 Å². The van der Waals surface area contributed by atoms with E-state index in [2.05, 4.69) is 40.1 Å². The van der Waals surface area contributed by atoms with Gasteiger partial charge in [-0.25, -0.2) is 9.37 Å². The molecule has 0 spiro atoms. The Labute approximate surface area is 112 Å². The van der Waals surface area contributed by atoms with Gasteiger partial charge in [-0.1, -0.05) is 0 Å². The smallest absolute Gasteiger partial charge is 0.183 e. The first-order valence-electron chi connectivity index (χ1n) is 5.24. The zero-order valence-corrected chi connectivity index (χ0v) is 11.9. The van der Waals surface area contributed by atoms with Crippen LogP contribution in [0.2, 0.25) is 0 Å². The molecule has 1 N–H and O–H groups in total. The maximum absolute atomic E-state index is 13.1. The highest BCUT2D eigenvalue weighted by atomic mass is 79.9. The van der Waals surface area contributed by atoms with Crippen LogP contribution in [0.5, 0.6) is 0 Å². The fourth-order valence-electron chi connectivity index (χ4n) is 1.38. The molecule has 0 unspecified atom stereocenters. The summed E-state index contributed by atoms with van der Waals surface area (Å²) in [6.45, 7) is 4.13. The molecule has 0 amide bonds. The molecule has 0 radical (unpaired) electrons. The summed E-state index contributed by atoms with van der Waals surface area (Å²) >= 11 is 4.73. The van der Waals surface area contributed by atoms with Crippen LogP contribution in [0.4, 0.5) is 9.52 Å². The van der Waals surface area contributed by atoms with E-state index >= 15 is 0 Å². The van der Waals surface area contributed by atoms with Gasteiger partial charge in [-0.05, 0) is 48.0 Å². The van der Waals surface area contributed by atoms with Crippen LogP contribution in [0.15, 0.2) is 28.1 Å². The SMILES string of the molecule is CC(C)Nc1nc(-c2ccc(F)c(Br)c2)cs1. The molecule has 0 atom stereocenters. The molecule has 2 nitrogen and oxygen atoms in total. The van der Waals surface area contributed by atoms with Gasteiger partial charge in [-0.2, -0.15) is 0 Å². The standard InChI is InChI=1S/C12H12BrFN2S/c1-7(2)15-12-16-11(6-17-12)8-3-4-10(14)9(13)5-8/h3-7H,1-2H3,(H,15,16). The minimum atomic E-state index is -0.260. The maximum atomic E-state index is 13.1. The van der Waals surface area contributed by atoms with Crippen molar-refractivity contribution in [3.63, 3.8) is 0 Å². The van der Waals surface area contributed by atoms with Crippen molar-refractivity contribution in [1.29, 1.82) is 0 Å². The third-order valence-electron chi connectivity index (χ3n) is 2.13. The molecule has 1 aromatic carbocycles. The Kier molecular flexibility index (Phi) is 3.79. The van der Waals surface area contributed by atoms with Gasteiger partial charge in [0.15, 0.2) is 5.13 Å². The zero-order chi connectivity index (χ0) is 12.4. The third-order valence-corrected chi connectivity index (χ3v) is 3.51. The highest BCUT2D eigenvalue weighted by Crippen LogP contribution is 2.28. The van der Waals surface area contributed by atoms with Crippen LogP contribution in [0.25, 0.3) is 11.3 Å². The molecule has 0 bridgehead atoms. The molecule has 0 fully saturated rings. The number of thiazole rings is 1. The number of nitrogens with one attached hydrogen (secondary N) is 1. The van der Waals surface area contributed by atoms with Crippen molar-refractivity contribution in [3.8, 4) is 11.3 Å². The molecule has 5 heteroatoms. The minimum absolute atomic E-state index is 0.260. The van der Waals surface area contributed by atoms with Crippen LogP contribution in [0, 0.1) is 5.82 Å². The summed E-state index contributed by atoms with van der Waals surface area (Å²) in [5.74, 6) is -0.260. The van der Waals surface area contributed by atoms with Crippen LogP contribution >= 0.6 is 27.3 Å². The van der Waals surface area contributed by atoms with E-state index < -0.39 is 0 Å². The summed E-state index contributed by atoms with van der Waals surface area (Å²) in [6, 6.07) is 5.26.